The van der Waals surface area contributed by atoms with E-state index in [0.717, 1.165) is 11.1 Å². The van der Waals surface area contributed by atoms with E-state index in [0.29, 0.717) is 29.0 Å². The summed E-state index contributed by atoms with van der Waals surface area (Å²) < 4.78 is 11.1. The number of rotatable bonds is 5. The molecule has 4 rings (SSSR count). The summed E-state index contributed by atoms with van der Waals surface area (Å²) in [5.74, 6) is 0.310. The molecule has 0 fully saturated rings. The van der Waals surface area contributed by atoms with Gasteiger partial charge in [-0.25, -0.2) is 0 Å². The number of anilines is 1. The maximum Gasteiger partial charge on any atom is 0.294 e. The van der Waals surface area contributed by atoms with E-state index in [1.54, 1.807) is 36.3 Å². The molecule has 5 heteroatoms. The smallest absolute Gasteiger partial charge is 0.294 e. The summed E-state index contributed by atoms with van der Waals surface area (Å²) in [4.78, 5) is 27.6. The normalized spacial score (nSPS) is 10.7. The molecule has 0 atom stereocenters. The van der Waals surface area contributed by atoms with Crippen molar-refractivity contribution in [3.05, 3.63) is 106 Å². The van der Waals surface area contributed by atoms with Crippen molar-refractivity contribution in [1.82, 2.24) is 0 Å². The third kappa shape index (κ3) is 3.96. The van der Waals surface area contributed by atoms with Crippen LogP contribution in [-0.4, -0.2) is 13.0 Å². The number of fused-ring (bicyclic) bond motifs is 1. The molecule has 0 spiro atoms. The van der Waals surface area contributed by atoms with Crippen LogP contribution in [0.15, 0.2) is 88.1 Å². The lowest BCUT2D eigenvalue weighted by Crippen LogP contribution is -2.31. The van der Waals surface area contributed by atoms with Gasteiger partial charge in [-0.3, -0.25) is 9.59 Å². The average Bonchev–Trinajstić information content (AvgIpc) is 2.78. The minimum absolute atomic E-state index is 0.00287. The molecule has 0 aliphatic carbocycles. The quantitative estimate of drug-likeness (QED) is 0.476. The van der Waals surface area contributed by atoms with Crippen molar-refractivity contribution in [3.8, 4) is 5.75 Å². The molecule has 4 aromatic rings. The van der Waals surface area contributed by atoms with Gasteiger partial charge in [0.15, 0.2) is 11.2 Å². The Morgan fingerprint density at radius 1 is 0.967 bits per heavy atom. The van der Waals surface area contributed by atoms with E-state index in [-0.39, 0.29) is 17.1 Å². The number of benzene rings is 3. The third-order valence-electron chi connectivity index (χ3n) is 4.91. The second-order valence-corrected chi connectivity index (χ2v) is 7.05. The largest absolute Gasteiger partial charge is 0.497 e. The summed E-state index contributed by atoms with van der Waals surface area (Å²) in [5.41, 5.74) is 2.75. The molecule has 1 aromatic heterocycles. The first kappa shape index (κ1) is 19.5. The van der Waals surface area contributed by atoms with Crippen molar-refractivity contribution in [2.75, 3.05) is 12.0 Å². The molecule has 0 bridgehead atoms. The van der Waals surface area contributed by atoms with Crippen molar-refractivity contribution in [1.29, 1.82) is 0 Å². The van der Waals surface area contributed by atoms with Crippen molar-refractivity contribution >= 4 is 22.6 Å². The SMILES string of the molecule is COc1ccc(N(Cc2ccccc2)C(=O)c2cc(=O)c3cc(C)ccc3o2)cc1. The van der Waals surface area contributed by atoms with Gasteiger partial charge < -0.3 is 14.1 Å². The van der Waals surface area contributed by atoms with Crippen LogP contribution in [0.2, 0.25) is 0 Å². The van der Waals surface area contributed by atoms with E-state index >= 15 is 0 Å². The summed E-state index contributed by atoms with van der Waals surface area (Å²) in [6, 6.07) is 23.5. The van der Waals surface area contributed by atoms with Crippen LogP contribution < -0.4 is 15.1 Å². The second-order valence-electron chi connectivity index (χ2n) is 7.05. The lowest BCUT2D eigenvalue weighted by atomic mass is 10.1. The van der Waals surface area contributed by atoms with Gasteiger partial charge in [-0.1, -0.05) is 42.0 Å². The first-order chi connectivity index (χ1) is 14.5. The Bertz CT molecular complexity index is 1240. The van der Waals surface area contributed by atoms with E-state index in [9.17, 15) is 9.59 Å². The highest BCUT2D eigenvalue weighted by Crippen LogP contribution is 2.24. The summed E-state index contributed by atoms with van der Waals surface area (Å²) in [5, 5.41) is 0.464. The Morgan fingerprint density at radius 3 is 2.40 bits per heavy atom. The molecule has 1 heterocycles. The van der Waals surface area contributed by atoms with Gasteiger partial charge in [0.1, 0.15) is 11.3 Å². The number of ether oxygens (including phenoxy) is 1. The number of methoxy groups -OCH3 is 1. The number of carbonyl (C=O) groups is 1. The average molecular weight is 399 g/mol. The summed E-state index contributed by atoms with van der Waals surface area (Å²) >= 11 is 0. The Morgan fingerprint density at radius 2 is 1.70 bits per heavy atom. The zero-order valence-corrected chi connectivity index (χ0v) is 16.8. The van der Waals surface area contributed by atoms with Crippen molar-refractivity contribution < 1.29 is 13.9 Å². The predicted octanol–water partition coefficient (Wildman–Crippen LogP) is 4.96. The van der Waals surface area contributed by atoms with Gasteiger partial charge in [-0.2, -0.15) is 0 Å². The molecule has 3 aromatic carbocycles. The molecule has 0 aliphatic heterocycles. The highest BCUT2D eigenvalue weighted by atomic mass is 16.5. The monoisotopic (exact) mass is 399 g/mol. The minimum atomic E-state index is -0.386. The molecule has 0 radical (unpaired) electrons. The van der Waals surface area contributed by atoms with Crippen molar-refractivity contribution in [3.63, 3.8) is 0 Å². The van der Waals surface area contributed by atoms with Gasteiger partial charge in [-0.15, -0.1) is 0 Å². The number of aryl methyl sites for hydroxylation is 1. The highest BCUT2D eigenvalue weighted by Gasteiger charge is 2.22. The highest BCUT2D eigenvalue weighted by molar-refractivity contribution is 6.04. The lowest BCUT2D eigenvalue weighted by molar-refractivity contribution is 0.0959. The van der Waals surface area contributed by atoms with Gasteiger partial charge in [0, 0.05) is 11.8 Å². The fraction of sp³-hybridized carbons (Fsp3) is 0.120. The topological polar surface area (TPSA) is 59.8 Å². The number of amides is 1. The Labute approximate surface area is 174 Å². The van der Waals surface area contributed by atoms with Crippen LogP contribution in [0.1, 0.15) is 21.7 Å². The second kappa shape index (κ2) is 8.25. The standard InChI is InChI=1S/C25H21NO4/c1-17-8-13-23-21(14-17)22(27)15-24(30-23)25(28)26(16-18-6-4-3-5-7-18)19-9-11-20(29-2)12-10-19/h3-15H,16H2,1-2H3. The summed E-state index contributed by atoms with van der Waals surface area (Å²) in [7, 11) is 1.59. The zero-order chi connectivity index (χ0) is 21.1. The summed E-state index contributed by atoms with van der Waals surface area (Å²) in [6.45, 7) is 2.24. The number of hydrogen-bond acceptors (Lipinski definition) is 4. The third-order valence-corrected chi connectivity index (χ3v) is 4.91. The van der Waals surface area contributed by atoms with Crippen LogP contribution in [0.25, 0.3) is 11.0 Å². The maximum absolute atomic E-state index is 13.4. The van der Waals surface area contributed by atoms with Crippen LogP contribution in [0.3, 0.4) is 0 Å². The molecule has 150 valence electrons. The van der Waals surface area contributed by atoms with E-state index < -0.39 is 0 Å². The number of carbonyl (C=O) groups excluding carboxylic acids is 1. The van der Waals surface area contributed by atoms with E-state index in [2.05, 4.69) is 0 Å². The van der Waals surface area contributed by atoms with Crippen LogP contribution in [0.4, 0.5) is 5.69 Å². The van der Waals surface area contributed by atoms with Crippen LogP contribution in [0, 0.1) is 6.92 Å². The van der Waals surface area contributed by atoms with Crippen LogP contribution in [-0.2, 0) is 6.54 Å². The van der Waals surface area contributed by atoms with E-state index in [4.69, 9.17) is 9.15 Å². The molecule has 0 saturated heterocycles. The molecule has 0 aliphatic rings. The molecule has 5 nitrogen and oxygen atoms in total. The molecule has 30 heavy (non-hydrogen) atoms. The number of hydrogen-bond donors (Lipinski definition) is 0. The van der Waals surface area contributed by atoms with Gasteiger partial charge >= 0.3 is 0 Å². The van der Waals surface area contributed by atoms with E-state index in [1.807, 2.05) is 55.5 Å². The number of nitrogens with zero attached hydrogens (tertiary/aromatic N) is 1. The fourth-order valence-electron chi connectivity index (χ4n) is 3.32. The van der Waals surface area contributed by atoms with Crippen LogP contribution >= 0.6 is 0 Å². The zero-order valence-electron chi connectivity index (χ0n) is 16.8. The molecule has 0 unspecified atom stereocenters. The first-order valence-corrected chi connectivity index (χ1v) is 9.59. The van der Waals surface area contributed by atoms with Gasteiger partial charge in [0.25, 0.3) is 5.91 Å². The van der Waals surface area contributed by atoms with Crippen LogP contribution in [0.5, 0.6) is 5.75 Å². The Kier molecular flexibility index (Phi) is 5.35. The molecule has 1 amide bonds. The van der Waals surface area contributed by atoms with Gasteiger partial charge in [0.05, 0.1) is 19.0 Å². The molecular weight excluding hydrogens is 378 g/mol. The fourth-order valence-corrected chi connectivity index (χ4v) is 3.32. The first-order valence-electron chi connectivity index (χ1n) is 9.59. The molecule has 0 saturated carbocycles. The predicted molar refractivity (Wildman–Crippen MR) is 117 cm³/mol. The van der Waals surface area contributed by atoms with Gasteiger partial charge in [0.2, 0.25) is 0 Å². The molecule has 0 N–H and O–H groups in total. The molecular formula is C25H21NO4. The van der Waals surface area contributed by atoms with E-state index in [1.165, 1.54) is 6.07 Å². The van der Waals surface area contributed by atoms with Crippen molar-refractivity contribution in [2.45, 2.75) is 13.5 Å². The Hall–Kier alpha value is -3.86. The lowest BCUT2D eigenvalue weighted by Gasteiger charge is -2.23. The maximum atomic E-state index is 13.4. The minimum Gasteiger partial charge on any atom is -0.497 e. The summed E-state index contributed by atoms with van der Waals surface area (Å²) in [6.07, 6.45) is 0. The Balaban J connectivity index is 1.77. The van der Waals surface area contributed by atoms with Crippen molar-refractivity contribution in [2.24, 2.45) is 0 Å². The van der Waals surface area contributed by atoms with Gasteiger partial charge in [-0.05, 0) is 48.9 Å².